The first-order valence-electron chi connectivity index (χ1n) is 5.94. The maximum Gasteiger partial charge on any atom is 0.0209 e. The highest BCUT2D eigenvalue weighted by Crippen LogP contribution is 2.44. The van der Waals surface area contributed by atoms with Gasteiger partial charge in [-0.05, 0) is 51.6 Å². The van der Waals surface area contributed by atoms with E-state index in [-0.39, 0.29) is 0 Å². The van der Waals surface area contributed by atoms with Crippen LogP contribution in [0.15, 0.2) is 0 Å². The van der Waals surface area contributed by atoms with E-state index in [9.17, 15) is 0 Å². The Labute approximate surface area is 83.5 Å². The standard InChI is InChI=1S/C10H19N.C2H6/c1-9-4-6-10(8-9)5-3-7-11(10)2;1-2/h9H,3-8H2,1-2H3;1-2H3. The molecule has 2 fully saturated rings. The van der Waals surface area contributed by atoms with Crippen LogP contribution in [0, 0.1) is 5.92 Å². The third kappa shape index (κ3) is 2.07. The zero-order chi connectivity index (χ0) is 9.90. The van der Waals surface area contributed by atoms with Crippen molar-refractivity contribution in [1.29, 1.82) is 0 Å². The highest BCUT2D eigenvalue weighted by molar-refractivity contribution is 4.99. The summed E-state index contributed by atoms with van der Waals surface area (Å²) in [6.45, 7) is 7.74. The summed E-state index contributed by atoms with van der Waals surface area (Å²) >= 11 is 0. The summed E-state index contributed by atoms with van der Waals surface area (Å²) in [5.41, 5.74) is 0.652. The van der Waals surface area contributed by atoms with Crippen molar-refractivity contribution >= 4 is 0 Å². The van der Waals surface area contributed by atoms with Gasteiger partial charge in [-0.1, -0.05) is 20.8 Å². The SMILES string of the molecule is CC.CC1CCC2(CCCN2C)C1. The number of rotatable bonds is 0. The minimum Gasteiger partial charge on any atom is -0.301 e. The molecule has 1 aliphatic carbocycles. The minimum absolute atomic E-state index is 0.652. The first-order valence-corrected chi connectivity index (χ1v) is 5.94. The van der Waals surface area contributed by atoms with Crippen LogP contribution in [0.2, 0.25) is 0 Å². The van der Waals surface area contributed by atoms with Crippen molar-refractivity contribution in [3.63, 3.8) is 0 Å². The first-order chi connectivity index (χ1) is 6.23. The van der Waals surface area contributed by atoms with Crippen molar-refractivity contribution in [2.45, 2.75) is 58.4 Å². The van der Waals surface area contributed by atoms with Crippen LogP contribution in [0.1, 0.15) is 52.9 Å². The molecule has 0 aromatic carbocycles. The van der Waals surface area contributed by atoms with Gasteiger partial charge in [0.15, 0.2) is 0 Å². The lowest BCUT2D eigenvalue weighted by Crippen LogP contribution is -2.38. The molecule has 2 aliphatic rings. The van der Waals surface area contributed by atoms with E-state index in [2.05, 4.69) is 18.9 Å². The van der Waals surface area contributed by atoms with E-state index in [1.54, 1.807) is 0 Å². The smallest absolute Gasteiger partial charge is 0.0209 e. The molecule has 1 heterocycles. The van der Waals surface area contributed by atoms with E-state index >= 15 is 0 Å². The molecule has 78 valence electrons. The van der Waals surface area contributed by atoms with E-state index in [0.717, 1.165) is 5.92 Å². The Morgan fingerprint density at radius 3 is 2.31 bits per heavy atom. The molecule has 1 saturated carbocycles. The quantitative estimate of drug-likeness (QED) is 0.557. The van der Waals surface area contributed by atoms with Gasteiger partial charge in [-0.3, -0.25) is 0 Å². The summed E-state index contributed by atoms with van der Waals surface area (Å²) in [7, 11) is 2.31. The number of hydrogen-bond acceptors (Lipinski definition) is 1. The molecule has 2 atom stereocenters. The fourth-order valence-corrected chi connectivity index (χ4v) is 3.01. The molecule has 0 amide bonds. The molecule has 0 aromatic heterocycles. The second kappa shape index (κ2) is 4.45. The number of hydrogen-bond donors (Lipinski definition) is 0. The van der Waals surface area contributed by atoms with Crippen LogP contribution in [-0.2, 0) is 0 Å². The Balaban J connectivity index is 0.000000396. The van der Waals surface area contributed by atoms with E-state index in [1.165, 1.54) is 38.6 Å². The van der Waals surface area contributed by atoms with Crippen molar-refractivity contribution < 1.29 is 0 Å². The molecule has 1 spiro atoms. The van der Waals surface area contributed by atoms with Gasteiger partial charge in [-0.15, -0.1) is 0 Å². The lowest BCUT2D eigenvalue weighted by atomic mass is 9.93. The molecule has 0 bridgehead atoms. The molecule has 1 aliphatic heterocycles. The van der Waals surface area contributed by atoms with Gasteiger partial charge in [-0.25, -0.2) is 0 Å². The van der Waals surface area contributed by atoms with E-state index in [0.29, 0.717) is 5.54 Å². The maximum atomic E-state index is 2.61. The molecule has 2 unspecified atom stereocenters. The fourth-order valence-electron chi connectivity index (χ4n) is 3.01. The normalized spacial score (nSPS) is 39.2. The van der Waals surface area contributed by atoms with Gasteiger partial charge in [0.1, 0.15) is 0 Å². The fraction of sp³-hybridized carbons (Fsp3) is 1.00. The van der Waals surface area contributed by atoms with Crippen molar-refractivity contribution in [3.8, 4) is 0 Å². The lowest BCUT2D eigenvalue weighted by Gasteiger charge is -2.32. The predicted octanol–water partition coefficient (Wildman–Crippen LogP) is 3.30. The van der Waals surface area contributed by atoms with Crippen LogP contribution >= 0.6 is 0 Å². The van der Waals surface area contributed by atoms with Gasteiger partial charge in [0.2, 0.25) is 0 Å². The highest BCUT2D eigenvalue weighted by atomic mass is 15.2. The van der Waals surface area contributed by atoms with E-state index in [1.807, 2.05) is 13.8 Å². The lowest BCUT2D eigenvalue weighted by molar-refractivity contribution is 0.175. The van der Waals surface area contributed by atoms with Gasteiger partial charge in [-0.2, -0.15) is 0 Å². The first kappa shape index (κ1) is 11.0. The van der Waals surface area contributed by atoms with Crippen LogP contribution in [-0.4, -0.2) is 24.0 Å². The van der Waals surface area contributed by atoms with Gasteiger partial charge in [0.25, 0.3) is 0 Å². The van der Waals surface area contributed by atoms with E-state index in [4.69, 9.17) is 0 Å². The summed E-state index contributed by atoms with van der Waals surface area (Å²) in [6.07, 6.45) is 7.29. The van der Waals surface area contributed by atoms with Crippen LogP contribution in [0.3, 0.4) is 0 Å². The second-order valence-electron chi connectivity index (χ2n) is 4.60. The van der Waals surface area contributed by atoms with Crippen molar-refractivity contribution in [1.82, 2.24) is 4.90 Å². The minimum atomic E-state index is 0.652. The van der Waals surface area contributed by atoms with Crippen molar-refractivity contribution in [2.24, 2.45) is 5.92 Å². The summed E-state index contributed by atoms with van der Waals surface area (Å²) in [4.78, 5) is 2.61. The summed E-state index contributed by atoms with van der Waals surface area (Å²) in [6, 6.07) is 0. The maximum absolute atomic E-state index is 2.61. The Bertz CT molecular complexity index is 155. The zero-order valence-electron chi connectivity index (χ0n) is 9.77. The van der Waals surface area contributed by atoms with Crippen LogP contribution < -0.4 is 0 Å². The van der Waals surface area contributed by atoms with Crippen molar-refractivity contribution in [2.75, 3.05) is 13.6 Å². The number of nitrogens with zero attached hydrogens (tertiary/aromatic N) is 1. The Morgan fingerprint density at radius 2 is 1.92 bits per heavy atom. The summed E-state index contributed by atoms with van der Waals surface area (Å²) < 4.78 is 0. The van der Waals surface area contributed by atoms with Crippen LogP contribution in [0.4, 0.5) is 0 Å². The molecule has 0 N–H and O–H groups in total. The van der Waals surface area contributed by atoms with Crippen molar-refractivity contribution in [3.05, 3.63) is 0 Å². The molecular formula is C12H25N. The topological polar surface area (TPSA) is 3.24 Å². The molecule has 1 nitrogen and oxygen atoms in total. The third-order valence-electron chi connectivity index (χ3n) is 3.78. The monoisotopic (exact) mass is 183 g/mol. The molecule has 0 radical (unpaired) electrons. The van der Waals surface area contributed by atoms with Crippen LogP contribution in [0.25, 0.3) is 0 Å². The average Bonchev–Trinajstić information content (AvgIpc) is 2.67. The number of likely N-dealkylation sites (tertiary alicyclic amines) is 1. The predicted molar refractivity (Wildman–Crippen MR) is 59.0 cm³/mol. The Morgan fingerprint density at radius 1 is 1.23 bits per heavy atom. The third-order valence-corrected chi connectivity index (χ3v) is 3.78. The average molecular weight is 183 g/mol. The molecular weight excluding hydrogens is 158 g/mol. The van der Waals surface area contributed by atoms with Crippen LogP contribution in [0.5, 0.6) is 0 Å². The molecule has 13 heavy (non-hydrogen) atoms. The molecule has 1 heteroatoms. The van der Waals surface area contributed by atoms with Gasteiger partial charge in [0, 0.05) is 5.54 Å². The largest absolute Gasteiger partial charge is 0.301 e. The molecule has 2 rings (SSSR count). The Hall–Kier alpha value is -0.0400. The van der Waals surface area contributed by atoms with E-state index < -0.39 is 0 Å². The van der Waals surface area contributed by atoms with Gasteiger partial charge < -0.3 is 4.90 Å². The highest BCUT2D eigenvalue weighted by Gasteiger charge is 2.43. The summed E-state index contributed by atoms with van der Waals surface area (Å²) in [5.74, 6) is 0.982. The zero-order valence-corrected chi connectivity index (χ0v) is 9.77. The Kier molecular flexibility index (Phi) is 3.78. The second-order valence-corrected chi connectivity index (χ2v) is 4.60. The molecule has 1 saturated heterocycles. The van der Waals surface area contributed by atoms with Gasteiger partial charge >= 0.3 is 0 Å². The molecule has 0 aromatic rings. The summed E-state index contributed by atoms with van der Waals surface area (Å²) in [5, 5.41) is 0. The van der Waals surface area contributed by atoms with Gasteiger partial charge in [0.05, 0.1) is 0 Å².